The van der Waals surface area contributed by atoms with Crippen LogP contribution in [0.15, 0.2) is 24.3 Å². The van der Waals surface area contributed by atoms with E-state index >= 15 is 0 Å². The molecule has 1 aromatic carbocycles. The van der Waals surface area contributed by atoms with E-state index in [1.807, 2.05) is 12.1 Å². The van der Waals surface area contributed by atoms with Gasteiger partial charge in [0.25, 0.3) is 0 Å². The number of benzene rings is 1. The third kappa shape index (κ3) is 3.24. The van der Waals surface area contributed by atoms with E-state index in [9.17, 15) is 9.90 Å². The topological polar surface area (TPSA) is 49.3 Å². The average Bonchev–Trinajstić information content (AvgIpc) is 2.84. The summed E-state index contributed by atoms with van der Waals surface area (Å²) in [6.07, 6.45) is 4.77. The van der Waals surface area contributed by atoms with Crippen LogP contribution in [0.5, 0.6) is 0 Å². The maximum absolute atomic E-state index is 11.4. The van der Waals surface area contributed by atoms with Gasteiger partial charge in [-0.3, -0.25) is 4.79 Å². The van der Waals surface area contributed by atoms with Gasteiger partial charge in [0.1, 0.15) is 0 Å². The van der Waals surface area contributed by atoms with Gasteiger partial charge in [0.15, 0.2) is 0 Å². The molecule has 4 heteroatoms. The fourth-order valence-electron chi connectivity index (χ4n) is 2.50. The van der Waals surface area contributed by atoms with Gasteiger partial charge in [0, 0.05) is 17.6 Å². The van der Waals surface area contributed by atoms with Gasteiger partial charge in [-0.2, -0.15) is 0 Å². The molecule has 1 aliphatic rings. The maximum atomic E-state index is 11.4. The average molecular weight is 268 g/mol. The molecule has 1 fully saturated rings. The van der Waals surface area contributed by atoms with Crippen LogP contribution in [-0.2, 0) is 4.79 Å². The first kappa shape index (κ1) is 13.4. The summed E-state index contributed by atoms with van der Waals surface area (Å²) in [7, 11) is 0. The fourth-order valence-corrected chi connectivity index (χ4v) is 2.77. The van der Waals surface area contributed by atoms with Crippen LogP contribution in [-0.4, -0.2) is 23.7 Å². The second kappa shape index (κ2) is 6.21. The van der Waals surface area contributed by atoms with Gasteiger partial charge >= 0.3 is 5.97 Å². The highest BCUT2D eigenvalue weighted by Crippen LogP contribution is 2.25. The monoisotopic (exact) mass is 267 g/mol. The molecule has 98 valence electrons. The Labute approximate surface area is 112 Å². The summed E-state index contributed by atoms with van der Waals surface area (Å²) in [5.41, 5.74) is 0.692. The summed E-state index contributed by atoms with van der Waals surface area (Å²) < 4.78 is 0. The van der Waals surface area contributed by atoms with E-state index in [0.29, 0.717) is 23.2 Å². The lowest BCUT2D eigenvalue weighted by Crippen LogP contribution is -2.33. The van der Waals surface area contributed by atoms with E-state index < -0.39 is 11.9 Å². The van der Waals surface area contributed by atoms with Crippen molar-refractivity contribution in [3.63, 3.8) is 0 Å². The number of hydrogen-bond acceptors (Lipinski definition) is 2. The molecule has 1 unspecified atom stereocenters. The zero-order chi connectivity index (χ0) is 13.0. The molecule has 0 radical (unpaired) electrons. The van der Waals surface area contributed by atoms with Crippen molar-refractivity contribution in [1.29, 1.82) is 0 Å². The molecular weight excluding hydrogens is 250 g/mol. The van der Waals surface area contributed by atoms with Gasteiger partial charge in [-0.15, -0.1) is 0 Å². The van der Waals surface area contributed by atoms with Crippen molar-refractivity contribution >= 4 is 17.6 Å². The molecule has 0 aliphatic heterocycles. The molecule has 1 saturated carbocycles. The summed E-state index contributed by atoms with van der Waals surface area (Å²) in [5.74, 6) is -1.40. The molecule has 0 aromatic heterocycles. The molecule has 2 rings (SSSR count). The molecular formula is C14H18ClNO2. The fraction of sp³-hybridized carbons (Fsp3) is 0.500. The van der Waals surface area contributed by atoms with Crippen molar-refractivity contribution in [3.05, 3.63) is 34.9 Å². The van der Waals surface area contributed by atoms with Crippen molar-refractivity contribution in [1.82, 2.24) is 5.32 Å². The predicted octanol–water partition coefficient (Wildman–Crippen LogP) is 3.04. The number of aliphatic carboxylic acids is 1. The van der Waals surface area contributed by atoms with Crippen LogP contribution < -0.4 is 5.32 Å². The van der Waals surface area contributed by atoms with Crippen molar-refractivity contribution in [2.45, 2.75) is 37.6 Å². The summed E-state index contributed by atoms with van der Waals surface area (Å²) in [5, 5.41) is 13.2. The largest absolute Gasteiger partial charge is 0.481 e. The summed E-state index contributed by atoms with van der Waals surface area (Å²) in [6.45, 7) is 0.448. The van der Waals surface area contributed by atoms with Crippen molar-refractivity contribution < 1.29 is 9.90 Å². The molecule has 18 heavy (non-hydrogen) atoms. The van der Waals surface area contributed by atoms with Crippen LogP contribution >= 0.6 is 11.6 Å². The summed E-state index contributed by atoms with van der Waals surface area (Å²) >= 11 is 6.07. The second-order valence-electron chi connectivity index (χ2n) is 4.80. The molecule has 1 aromatic rings. The standard InChI is InChI=1S/C14H18ClNO2/c15-13-8-4-3-7-11(13)12(14(17)18)9-16-10-5-1-2-6-10/h3-4,7-8,10,12,16H,1-2,5-6,9H2,(H,17,18). The van der Waals surface area contributed by atoms with Crippen LogP contribution in [0.2, 0.25) is 5.02 Å². The van der Waals surface area contributed by atoms with Gasteiger partial charge in [-0.1, -0.05) is 42.6 Å². The highest BCUT2D eigenvalue weighted by Gasteiger charge is 2.24. The van der Waals surface area contributed by atoms with E-state index in [-0.39, 0.29) is 0 Å². The van der Waals surface area contributed by atoms with E-state index in [0.717, 1.165) is 12.8 Å². The zero-order valence-electron chi connectivity index (χ0n) is 10.2. The molecule has 0 heterocycles. The van der Waals surface area contributed by atoms with Gasteiger partial charge in [-0.05, 0) is 24.5 Å². The maximum Gasteiger partial charge on any atom is 0.312 e. The first-order chi connectivity index (χ1) is 8.68. The molecule has 1 atom stereocenters. The molecule has 1 aliphatic carbocycles. The molecule has 2 N–H and O–H groups in total. The smallest absolute Gasteiger partial charge is 0.312 e. The minimum absolute atomic E-state index is 0.448. The van der Waals surface area contributed by atoms with E-state index in [1.54, 1.807) is 12.1 Å². The minimum Gasteiger partial charge on any atom is -0.481 e. The van der Waals surface area contributed by atoms with Gasteiger partial charge in [0.05, 0.1) is 5.92 Å². The Kier molecular flexibility index (Phi) is 4.61. The van der Waals surface area contributed by atoms with Crippen LogP contribution in [0.1, 0.15) is 37.2 Å². The van der Waals surface area contributed by atoms with E-state index in [1.165, 1.54) is 12.8 Å². The van der Waals surface area contributed by atoms with Crippen LogP contribution in [0.4, 0.5) is 0 Å². The first-order valence-electron chi connectivity index (χ1n) is 6.39. The Hall–Kier alpha value is -1.06. The number of halogens is 1. The molecule has 3 nitrogen and oxygen atoms in total. The van der Waals surface area contributed by atoms with Gasteiger partial charge in [-0.25, -0.2) is 0 Å². The number of nitrogens with one attached hydrogen (secondary N) is 1. The van der Waals surface area contributed by atoms with Crippen LogP contribution in [0, 0.1) is 0 Å². The Morgan fingerprint density at radius 1 is 1.39 bits per heavy atom. The number of carboxylic acid groups (broad SMARTS) is 1. The number of hydrogen-bond donors (Lipinski definition) is 2. The number of carbonyl (C=O) groups is 1. The highest BCUT2D eigenvalue weighted by atomic mass is 35.5. The normalized spacial score (nSPS) is 17.8. The summed E-state index contributed by atoms with van der Waals surface area (Å²) in [4.78, 5) is 11.4. The Morgan fingerprint density at radius 3 is 2.67 bits per heavy atom. The number of rotatable bonds is 5. The predicted molar refractivity (Wildman–Crippen MR) is 72.1 cm³/mol. The lowest BCUT2D eigenvalue weighted by molar-refractivity contribution is -0.138. The van der Waals surface area contributed by atoms with Crippen LogP contribution in [0.25, 0.3) is 0 Å². The molecule has 0 spiro atoms. The summed E-state index contributed by atoms with van der Waals surface area (Å²) in [6, 6.07) is 7.64. The quantitative estimate of drug-likeness (QED) is 0.862. The highest BCUT2D eigenvalue weighted by molar-refractivity contribution is 6.31. The van der Waals surface area contributed by atoms with Crippen molar-refractivity contribution in [2.24, 2.45) is 0 Å². The lowest BCUT2D eigenvalue weighted by Gasteiger charge is -2.18. The van der Waals surface area contributed by atoms with E-state index in [2.05, 4.69) is 5.32 Å². The number of carboxylic acids is 1. The SMILES string of the molecule is O=C(O)C(CNC1CCCC1)c1ccccc1Cl. The van der Waals surface area contributed by atoms with Crippen molar-refractivity contribution in [2.75, 3.05) is 6.54 Å². The van der Waals surface area contributed by atoms with Crippen molar-refractivity contribution in [3.8, 4) is 0 Å². The van der Waals surface area contributed by atoms with Gasteiger partial charge < -0.3 is 10.4 Å². The van der Waals surface area contributed by atoms with Gasteiger partial charge in [0.2, 0.25) is 0 Å². The zero-order valence-corrected chi connectivity index (χ0v) is 11.0. The Balaban J connectivity index is 2.04. The molecule has 0 amide bonds. The minimum atomic E-state index is -0.825. The van der Waals surface area contributed by atoms with Crippen LogP contribution in [0.3, 0.4) is 0 Å². The molecule has 0 saturated heterocycles. The lowest BCUT2D eigenvalue weighted by atomic mass is 9.98. The Bertz CT molecular complexity index is 416. The molecule has 0 bridgehead atoms. The van der Waals surface area contributed by atoms with E-state index in [4.69, 9.17) is 11.6 Å². The third-order valence-electron chi connectivity index (χ3n) is 3.54. The Morgan fingerprint density at radius 2 is 2.06 bits per heavy atom. The third-order valence-corrected chi connectivity index (χ3v) is 3.89. The first-order valence-corrected chi connectivity index (χ1v) is 6.77. The second-order valence-corrected chi connectivity index (χ2v) is 5.21.